The fourth-order valence-corrected chi connectivity index (χ4v) is 2.65. The average Bonchev–Trinajstić information content (AvgIpc) is 2.79. The molecule has 1 unspecified atom stereocenters. The zero-order chi connectivity index (χ0) is 12.5. The molecule has 1 aromatic heterocycles. The van der Waals surface area contributed by atoms with Crippen LogP contribution >= 0.6 is 0 Å². The standard InChI is InChI=1S/C11H17BN2O4/c15-12(16)11-8-7-17-6-4-9(8)14(13-11)10-3-1-2-5-18-10/h10,15-16H,1-7H2. The highest BCUT2D eigenvalue weighted by atomic mass is 16.5. The lowest BCUT2D eigenvalue weighted by Gasteiger charge is -2.25. The average molecular weight is 252 g/mol. The van der Waals surface area contributed by atoms with E-state index in [9.17, 15) is 10.0 Å². The Morgan fingerprint density at radius 2 is 2.17 bits per heavy atom. The number of nitrogens with zero attached hydrogens (tertiary/aromatic N) is 2. The molecule has 0 saturated carbocycles. The molecule has 3 rings (SSSR count). The fraction of sp³-hybridized carbons (Fsp3) is 0.727. The van der Waals surface area contributed by atoms with Gasteiger partial charge in [-0.3, -0.25) is 0 Å². The Morgan fingerprint density at radius 3 is 2.89 bits per heavy atom. The summed E-state index contributed by atoms with van der Waals surface area (Å²) in [5.74, 6) is 0. The predicted molar refractivity (Wildman–Crippen MR) is 64.3 cm³/mol. The van der Waals surface area contributed by atoms with Crippen molar-refractivity contribution in [3.05, 3.63) is 11.3 Å². The van der Waals surface area contributed by atoms with Gasteiger partial charge in [0.05, 0.1) is 18.8 Å². The third-order valence-electron chi connectivity index (χ3n) is 3.55. The molecule has 18 heavy (non-hydrogen) atoms. The van der Waals surface area contributed by atoms with Crippen LogP contribution in [0.5, 0.6) is 0 Å². The van der Waals surface area contributed by atoms with Crippen molar-refractivity contribution in [2.24, 2.45) is 0 Å². The van der Waals surface area contributed by atoms with Crippen LogP contribution in [0.15, 0.2) is 0 Å². The highest BCUT2D eigenvalue weighted by Crippen LogP contribution is 2.26. The number of hydrogen-bond donors (Lipinski definition) is 2. The minimum atomic E-state index is -1.55. The van der Waals surface area contributed by atoms with Crippen molar-refractivity contribution < 1.29 is 19.5 Å². The van der Waals surface area contributed by atoms with E-state index in [-0.39, 0.29) is 6.23 Å². The number of fused-ring (bicyclic) bond motifs is 1. The predicted octanol–water partition coefficient (Wildman–Crippen LogP) is -0.665. The van der Waals surface area contributed by atoms with Gasteiger partial charge in [-0.2, -0.15) is 5.10 Å². The third kappa shape index (κ3) is 2.07. The summed E-state index contributed by atoms with van der Waals surface area (Å²) in [5.41, 5.74) is 2.14. The minimum absolute atomic E-state index is 0.0712. The van der Waals surface area contributed by atoms with E-state index < -0.39 is 7.12 Å². The van der Waals surface area contributed by atoms with Gasteiger partial charge in [-0.15, -0.1) is 0 Å². The van der Waals surface area contributed by atoms with E-state index >= 15 is 0 Å². The maximum absolute atomic E-state index is 9.37. The van der Waals surface area contributed by atoms with Gasteiger partial charge in [0.15, 0.2) is 0 Å². The summed E-state index contributed by atoms with van der Waals surface area (Å²) in [6, 6.07) is 0. The normalized spacial score (nSPS) is 23.8. The van der Waals surface area contributed by atoms with Gasteiger partial charge in [0.1, 0.15) is 6.23 Å². The van der Waals surface area contributed by atoms with Crippen molar-refractivity contribution in [1.29, 1.82) is 0 Å². The topological polar surface area (TPSA) is 76.7 Å². The second-order valence-electron chi connectivity index (χ2n) is 4.75. The van der Waals surface area contributed by atoms with Crippen LogP contribution < -0.4 is 5.59 Å². The molecule has 1 aromatic rings. The number of ether oxygens (including phenoxy) is 2. The minimum Gasteiger partial charge on any atom is -0.422 e. The van der Waals surface area contributed by atoms with Crippen LogP contribution in [0.2, 0.25) is 0 Å². The van der Waals surface area contributed by atoms with Crippen LogP contribution in [0.3, 0.4) is 0 Å². The quantitative estimate of drug-likeness (QED) is 0.683. The van der Waals surface area contributed by atoms with Gasteiger partial charge in [-0.25, -0.2) is 4.68 Å². The summed E-state index contributed by atoms with van der Waals surface area (Å²) in [6.07, 6.45) is 3.80. The molecule has 7 heteroatoms. The van der Waals surface area contributed by atoms with Crippen LogP contribution in [-0.2, 0) is 22.5 Å². The van der Waals surface area contributed by atoms with Crippen molar-refractivity contribution in [2.75, 3.05) is 13.2 Å². The molecule has 98 valence electrons. The van der Waals surface area contributed by atoms with E-state index in [2.05, 4.69) is 5.10 Å². The lowest BCUT2D eigenvalue weighted by Crippen LogP contribution is -2.35. The van der Waals surface area contributed by atoms with Gasteiger partial charge >= 0.3 is 7.12 Å². The molecule has 1 saturated heterocycles. The summed E-state index contributed by atoms with van der Waals surface area (Å²) in [4.78, 5) is 0. The van der Waals surface area contributed by atoms with Crippen molar-refractivity contribution in [2.45, 2.75) is 38.5 Å². The first-order chi connectivity index (χ1) is 8.77. The maximum Gasteiger partial charge on any atom is 0.510 e. The summed E-state index contributed by atoms with van der Waals surface area (Å²) in [6.45, 7) is 1.79. The van der Waals surface area contributed by atoms with Crippen LogP contribution in [0.4, 0.5) is 0 Å². The molecule has 2 aliphatic rings. The summed E-state index contributed by atoms with van der Waals surface area (Å²) >= 11 is 0. The van der Waals surface area contributed by atoms with E-state index in [0.717, 1.165) is 43.5 Å². The molecule has 0 aliphatic carbocycles. The largest absolute Gasteiger partial charge is 0.510 e. The van der Waals surface area contributed by atoms with Crippen molar-refractivity contribution in [3.8, 4) is 0 Å². The van der Waals surface area contributed by atoms with Crippen LogP contribution in [0.25, 0.3) is 0 Å². The van der Waals surface area contributed by atoms with Crippen molar-refractivity contribution in [1.82, 2.24) is 9.78 Å². The lowest BCUT2D eigenvalue weighted by atomic mass is 9.82. The fourth-order valence-electron chi connectivity index (χ4n) is 2.65. The summed E-state index contributed by atoms with van der Waals surface area (Å²) < 4.78 is 12.9. The summed E-state index contributed by atoms with van der Waals surface area (Å²) in [7, 11) is -1.55. The van der Waals surface area contributed by atoms with E-state index in [4.69, 9.17) is 9.47 Å². The second-order valence-corrected chi connectivity index (χ2v) is 4.75. The molecule has 1 atom stereocenters. The Morgan fingerprint density at radius 1 is 1.28 bits per heavy atom. The Kier molecular flexibility index (Phi) is 3.38. The molecule has 3 heterocycles. The van der Waals surface area contributed by atoms with Gasteiger partial charge in [0.2, 0.25) is 0 Å². The smallest absolute Gasteiger partial charge is 0.422 e. The lowest BCUT2D eigenvalue weighted by molar-refractivity contribution is -0.0422. The van der Waals surface area contributed by atoms with E-state index in [1.165, 1.54) is 0 Å². The molecule has 2 aliphatic heterocycles. The summed E-state index contributed by atoms with van der Waals surface area (Å²) in [5, 5.41) is 23.1. The van der Waals surface area contributed by atoms with Gasteiger partial charge in [-0.1, -0.05) is 0 Å². The van der Waals surface area contributed by atoms with Gasteiger partial charge in [-0.05, 0) is 19.3 Å². The molecule has 1 fully saturated rings. The molecule has 0 bridgehead atoms. The molecular formula is C11H17BN2O4. The van der Waals surface area contributed by atoms with Gasteiger partial charge in [0, 0.05) is 24.3 Å². The van der Waals surface area contributed by atoms with E-state index in [0.29, 0.717) is 18.8 Å². The number of aromatic nitrogens is 2. The first-order valence-corrected chi connectivity index (χ1v) is 6.43. The first kappa shape index (κ1) is 12.2. The molecule has 0 aromatic carbocycles. The van der Waals surface area contributed by atoms with Gasteiger partial charge < -0.3 is 19.5 Å². The van der Waals surface area contributed by atoms with E-state index in [1.54, 1.807) is 0 Å². The molecule has 2 N–H and O–H groups in total. The second kappa shape index (κ2) is 5.01. The van der Waals surface area contributed by atoms with Gasteiger partial charge in [0.25, 0.3) is 0 Å². The van der Waals surface area contributed by atoms with E-state index in [1.807, 2.05) is 4.68 Å². The Hall–Kier alpha value is -0.885. The third-order valence-corrected chi connectivity index (χ3v) is 3.55. The van der Waals surface area contributed by atoms with Crippen molar-refractivity contribution in [3.63, 3.8) is 0 Å². The highest BCUT2D eigenvalue weighted by Gasteiger charge is 2.31. The molecule has 6 nitrogen and oxygen atoms in total. The van der Waals surface area contributed by atoms with Crippen molar-refractivity contribution >= 4 is 12.7 Å². The van der Waals surface area contributed by atoms with Crippen LogP contribution in [0, 0.1) is 0 Å². The number of rotatable bonds is 2. The van der Waals surface area contributed by atoms with Crippen LogP contribution in [-0.4, -0.2) is 40.2 Å². The maximum atomic E-state index is 9.37. The molecule has 0 spiro atoms. The molecule has 0 radical (unpaired) electrons. The SMILES string of the molecule is OB(O)c1nn(C2CCCCO2)c2c1COCC2. The number of hydrogen-bond acceptors (Lipinski definition) is 5. The Balaban J connectivity index is 1.97. The highest BCUT2D eigenvalue weighted by molar-refractivity contribution is 6.58. The monoisotopic (exact) mass is 252 g/mol. The Labute approximate surface area is 106 Å². The molecule has 0 amide bonds. The molecular weight excluding hydrogens is 235 g/mol. The first-order valence-electron chi connectivity index (χ1n) is 6.43. The zero-order valence-corrected chi connectivity index (χ0v) is 10.2. The van der Waals surface area contributed by atoms with Crippen LogP contribution in [0.1, 0.15) is 36.7 Å². The zero-order valence-electron chi connectivity index (χ0n) is 10.2. The Bertz CT molecular complexity index is 429.